The molecular weight excluding hydrogens is 310 g/mol. The first-order valence-electron chi connectivity index (χ1n) is 7.04. The van der Waals surface area contributed by atoms with E-state index in [1.165, 1.54) is 0 Å². The van der Waals surface area contributed by atoms with Gasteiger partial charge in [0, 0.05) is 16.1 Å². The molecule has 0 radical (unpaired) electrons. The van der Waals surface area contributed by atoms with Gasteiger partial charge < -0.3 is 4.42 Å². The number of nitriles is 1. The Kier molecular flexibility index (Phi) is 4.27. The minimum atomic E-state index is -0.210. The van der Waals surface area contributed by atoms with Crippen molar-refractivity contribution in [2.75, 3.05) is 0 Å². The third-order valence-corrected chi connectivity index (χ3v) is 3.65. The summed E-state index contributed by atoms with van der Waals surface area (Å²) >= 11 is 5.97. The van der Waals surface area contributed by atoms with Crippen LogP contribution in [0, 0.1) is 11.3 Å². The predicted molar refractivity (Wildman–Crippen MR) is 88.3 cm³/mol. The van der Waals surface area contributed by atoms with Crippen molar-refractivity contribution in [3.63, 3.8) is 0 Å². The summed E-state index contributed by atoms with van der Waals surface area (Å²) in [4.78, 5) is 12.5. The summed E-state index contributed by atoms with van der Waals surface area (Å²) < 4.78 is 5.67. The van der Waals surface area contributed by atoms with Crippen LogP contribution in [0.2, 0.25) is 5.02 Å². The van der Waals surface area contributed by atoms with E-state index >= 15 is 0 Å². The Morgan fingerprint density at radius 2 is 1.91 bits per heavy atom. The number of hydrogen-bond acceptors (Lipinski definition) is 3. The average molecular weight is 322 g/mol. The number of benzene rings is 2. The fourth-order valence-corrected chi connectivity index (χ4v) is 2.50. The van der Waals surface area contributed by atoms with Gasteiger partial charge in [0.15, 0.2) is 5.76 Å². The van der Waals surface area contributed by atoms with Crippen molar-refractivity contribution in [3.8, 4) is 17.4 Å². The molecule has 0 fully saturated rings. The summed E-state index contributed by atoms with van der Waals surface area (Å²) in [7, 11) is 0. The van der Waals surface area contributed by atoms with E-state index in [0.717, 1.165) is 11.1 Å². The highest BCUT2D eigenvalue weighted by Crippen LogP contribution is 2.26. The van der Waals surface area contributed by atoms with Crippen LogP contribution in [0.5, 0.6) is 0 Å². The van der Waals surface area contributed by atoms with Crippen LogP contribution in [0.15, 0.2) is 65.1 Å². The van der Waals surface area contributed by atoms with Crippen LogP contribution in [0.4, 0.5) is 0 Å². The topological polar surface area (TPSA) is 54.0 Å². The van der Waals surface area contributed by atoms with Gasteiger partial charge in [0.2, 0.25) is 5.78 Å². The van der Waals surface area contributed by atoms with Gasteiger partial charge in [-0.1, -0.05) is 41.9 Å². The quantitative estimate of drug-likeness (QED) is 0.642. The van der Waals surface area contributed by atoms with Gasteiger partial charge in [-0.2, -0.15) is 5.26 Å². The van der Waals surface area contributed by atoms with Crippen LogP contribution in [0.25, 0.3) is 11.3 Å². The van der Waals surface area contributed by atoms with Crippen molar-refractivity contribution in [2.45, 2.75) is 6.42 Å². The summed E-state index contributed by atoms with van der Waals surface area (Å²) in [6.45, 7) is 0. The third-order valence-electron chi connectivity index (χ3n) is 3.41. The molecule has 1 heterocycles. The minimum Gasteiger partial charge on any atom is -0.453 e. The number of furan rings is 1. The lowest BCUT2D eigenvalue weighted by molar-refractivity contribution is 0.101. The molecule has 0 unspecified atom stereocenters. The second-order valence-corrected chi connectivity index (χ2v) is 5.48. The molecule has 0 saturated carbocycles. The second kappa shape index (κ2) is 6.51. The van der Waals surface area contributed by atoms with E-state index in [2.05, 4.69) is 6.07 Å². The van der Waals surface area contributed by atoms with E-state index < -0.39 is 0 Å². The monoisotopic (exact) mass is 321 g/mol. The van der Waals surface area contributed by atoms with Crippen molar-refractivity contribution < 1.29 is 9.21 Å². The van der Waals surface area contributed by atoms with Gasteiger partial charge in [0.25, 0.3) is 0 Å². The number of ketones is 1. The Bertz CT molecular complexity index is 905. The summed E-state index contributed by atoms with van der Waals surface area (Å²) in [5.74, 6) is 0.635. The first kappa shape index (κ1) is 15.1. The number of halogens is 1. The first-order chi connectivity index (χ1) is 11.2. The molecule has 0 aliphatic rings. The fraction of sp³-hybridized carbons (Fsp3) is 0.0526. The van der Waals surface area contributed by atoms with Crippen LogP contribution < -0.4 is 0 Å². The molecule has 0 bridgehead atoms. The van der Waals surface area contributed by atoms with E-state index in [1.54, 1.807) is 42.5 Å². The fourth-order valence-electron chi connectivity index (χ4n) is 2.31. The molecule has 0 spiro atoms. The molecule has 0 aliphatic heterocycles. The zero-order chi connectivity index (χ0) is 16.2. The Morgan fingerprint density at radius 1 is 1.09 bits per heavy atom. The Hall–Kier alpha value is -2.83. The Labute approximate surface area is 138 Å². The molecule has 2 aromatic carbocycles. The molecular formula is C19H12ClNO2. The lowest BCUT2D eigenvalue weighted by Crippen LogP contribution is -2.00. The number of hydrogen-bond donors (Lipinski definition) is 0. The zero-order valence-corrected chi connectivity index (χ0v) is 12.9. The Morgan fingerprint density at radius 3 is 2.70 bits per heavy atom. The first-order valence-corrected chi connectivity index (χ1v) is 7.41. The van der Waals surface area contributed by atoms with Crippen LogP contribution >= 0.6 is 11.6 Å². The summed E-state index contributed by atoms with van der Waals surface area (Å²) in [5.41, 5.74) is 2.12. The second-order valence-electron chi connectivity index (χ2n) is 5.04. The van der Waals surface area contributed by atoms with E-state index in [1.807, 2.05) is 18.2 Å². The van der Waals surface area contributed by atoms with Crippen molar-refractivity contribution in [1.82, 2.24) is 0 Å². The van der Waals surface area contributed by atoms with E-state index in [-0.39, 0.29) is 18.0 Å². The predicted octanol–water partition coefficient (Wildman–Crippen LogP) is 4.90. The number of rotatable bonds is 4. The van der Waals surface area contributed by atoms with Gasteiger partial charge in [-0.25, -0.2) is 0 Å². The molecule has 3 rings (SSSR count). The van der Waals surface area contributed by atoms with Gasteiger partial charge in [-0.05, 0) is 35.9 Å². The van der Waals surface area contributed by atoms with Gasteiger partial charge >= 0.3 is 0 Å². The molecule has 23 heavy (non-hydrogen) atoms. The molecule has 1 aromatic heterocycles. The molecule has 0 saturated heterocycles. The SMILES string of the molecule is N#CCc1cccc(C(=O)c2ccc(-c3cccc(Cl)c3)o2)c1. The van der Waals surface area contributed by atoms with Gasteiger partial charge in [-0.3, -0.25) is 4.79 Å². The maximum absolute atomic E-state index is 12.5. The van der Waals surface area contributed by atoms with Gasteiger partial charge in [0.05, 0.1) is 12.5 Å². The van der Waals surface area contributed by atoms with Gasteiger partial charge in [0.1, 0.15) is 5.76 Å². The van der Waals surface area contributed by atoms with Crippen LogP contribution in [0.3, 0.4) is 0 Å². The number of nitrogens with zero attached hydrogens (tertiary/aromatic N) is 1. The zero-order valence-electron chi connectivity index (χ0n) is 12.1. The maximum Gasteiger partial charge on any atom is 0.228 e. The highest BCUT2D eigenvalue weighted by Gasteiger charge is 2.15. The van der Waals surface area contributed by atoms with Crippen molar-refractivity contribution in [1.29, 1.82) is 5.26 Å². The highest BCUT2D eigenvalue weighted by atomic mass is 35.5. The summed E-state index contributed by atoms with van der Waals surface area (Å²) in [5, 5.41) is 9.36. The number of carbonyl (C=O) groups is 1. The van der Waals surface area contributed by atoms with E-state index in [4.69, 9.17) is 21.3 Å². The minimum absolute atomic E-state index is 0.210. The third kappa shape index (κ3) is 3.33. The van der Waals surface area contributed by atoms with Crippen molar-refractivity contribution in [3.05, 3.63) is 82.6 Å². The van der Waals surface area contributed by atoms with E-state index in [9.17, 15) is 4.79 Å². The lowest BCUT2D eigenvalue weighted by Gasteiger charge is -2.01. The Balaban J connectivity index is 1.90. The molecule has 3 nitrogen and oxygen atoms in total. The van der Waals surface area contributed by atoms with Crippen LogP contribution in [-0.2, 0) is 6.42 Å². The highest BCUT2D eigenvalue weighted by molar-refractivity contribution is 6.30. The summed E-state index contributed by atoms with van der Waals surface area (Å²) in [6.07, 6.45) is 0.271. The summed E-state index contributed by atoms with van der Waals surface area (Å²) in [6, 6.07) is 19.7. The van der Waals surface area contributed by atoms with Crippen LogP contribution in [-0.4, -0.2) is 5.78 Å². The molecule has 0 aliphatic carbocycles. The standard InChI is InChI=1S/C19H12ClNO2/c20-16-6-2-4-14(12-16)17-7-8-18(23-17)19(22)15-5-1-3-13(11-15)9-10-21/h1-8,11-12H,9H2. The van der Waals surface area contributed by atoms with Gasteiger partial charge in [-0.15, -0.1) is 0 Å². The van der Waals surface area contributed by atoms with Crippen molar-refractivity contribution >= 4 is 17.4 Å². The molecule has 3 aromatic rings. The average Bonchev–Trinajstić information content (AvgIpc) is 3.05. The lowest BCUT2D eigenvalue weighted by atomic mass is 10.0. The van der Waals surface area contributed by atoms with Crippen LogP contribution in [0.1, 0.15) is 21.7 Å². The normalized spacial score (nSPS) is 10.3. The molecule has 4 heteroatoms. The van der Waals surface area contributed by atoms with E-state index in [0.29, 0.717) is 16.3 Å². The molecule has 0 amide bonds. The molecule has 112 valence electrons. The largest absolute Gasteiger partial charge is 0.453 e. The smallest absolute Gasteiger partial charge is 0.228 e. The maximum atomic E-state index is 12.5. The molecule has 0 atom stereocenters. The van der Waals surface area contributed by atoms with Crippen molar-refractivity contribution in [2.24, 2.45) is 0 Å². The number of carbonyl (C=O) groups excluding carboxylic acids is 1. The molecule has 0 N–H and O–H groups in total.